The van der Waals surface area contributed by atoms with Crippen molar-refractivity contribution >= 4 is 40.6 Å². The van der Waals surface area contributed by atoms with E-state index in [9.17, 15) is 9.59 Å². The molecule has 1 saturated heterocycles. The van der Waals surface area contributed by atoms with Crippen LogP contribution in [0.25, 0.3) is 0 Å². The van der Waals surface area contributed by atoms with Crippen molar-refractivity contribution in [2.45, 2.75) is 18.8 Å². The quantitative estimate of drug-likeness (QED) is 0.452. The van der Waals surface area contributed by atoms with Crippen LogP contribution in [-0.2, 0) is 11.3 Å². The van der Waals surface area contributed by atoms with Crippen molar-refractivity contribution in [1.29, 1.82) is 0 Å². The molecule has 0 radical (unpaired) electrons. The van der Waals surface area contributed by atoms with Gasteiger partial charge >= 0.3 is 0 Å². The number of nitrogens with zero attached hydrogens (tertiary/aromatic N) is 2. The van der Waals surface area contributed by atoms with Gasteiger partial charge in [0.2, 0.25) is 5.91 Å². The predicted molar refractivity (Wildman–Crippen MR) is 123 cm³/mol. The Bertz CT molecular complexity index is 1050. The third kappa shape index (κ3) is 4.63. The van der Waals surface area contributed by atoms with Gasteiger partial charge in [0.05, 0.1) is 11.5 Å². The Morgan fingerprint density at radius 1 is 1.10 bits per heavy atom. The van der Waals surface area contributed by atoms with Crippen LogP contribution in [0.4, 0.5) is 0 Å². The summed E-state index contributed by atoms with van der Waals surface area (Å²) in [6.07, 6.45) is 0. The minimum absolute atomic E-state index is 0.0473. The van der Waals surface area contributed by atoms with Gasteiger partial charge in [-0.3, -0.25) is 9.59 Å². The number of hydrogen-bond donors (Lipinski definition) is 1. The Balaban J connectivity index is 1.44. The zero-order valence-electron chi connectivity index (χ0n) is 16.4. The molecule has 4 rings (SSSR count). The number of nitrogens with one attached hydrogen (secondary N) is 1. The maximum Gasteiger partial charge on any atom is 0.271 e. The molecule has 0 saturated carbocycles. The summed E-state index contributed by atoms with van der Waals surface area (Å²) in [5, 5.41) is 6.11. The van der Waals surface area contributed by atoms with Crippen LogP contribution in [0.5, 0.6) is 0 Å². The van der Waals surface area contributed by atoms with Crippen LogP contribution in [0.2, 0.25) is 0 Å². The molecule has 30 heavy (non-hydrogen) atoms. The Hall–Kier alpha value is -2.90. The summed E-state index contributed by atoms with van der Waals surface area (Å²) >= 11 is 3.19. The summed E-state index contributed by atoms with van der Waals surface area (Å²) in [5.74, 6) is 0.346. The minimum Gasteiger partial charge on any atom is -0.322 e. The highest BCUT2D eigenvalue weighted by Crippen LogP contribution is 2.39. The highest BCUT2D eigenvalue weighted by molar-refractivity contribution is 8.00. The lowest BCUT2D eigenvalue weighted by molar-refractivity contribution is -0.128. The van der Waals surface area contributed by atoms with Crippen molar-refractivity contribution in [3.05, 3.63) is 93.7 Å². The lowest BCUT2D eigenvalue weighted by Crippen LogP contribution is -2.27. The van der Waals surface area contributed by atoms with E-state index < -0.39 is 0 Å². The highest BCUT2D eigenvalue weighted by Gasteiger charge is 2.32. The smallest absolute Gasteiger partial charge is 0.271 e. The van der Waals surface area contributed by atoms with E-state index in [1.807, 2.05) is 71.8 Å². The van der Waals surface area contributed by atoms with E-state index in [4.69, 9.17) is 0 Å². The number of benzene rings is 2. The molecule has 0 unspecified atom stereocenters. The molecule has 2 amide bonds. The van der Waals surface area contributed by atoms with Crippen LogP contribution in [0, 0.1) is 0 Å². The van der Waals surface area contributed by atoms with Crippen LogP contribution in [0.3, 0.4) is 0 Å². The topological polar surface area (TPSA) is 61.8 Å². The van der Waals surface area contributed by atoms with E-state index in [0.717, 1.165) is 21.7 Å². The number of thiophene rings is 1. The molecular weight excluding hydrogens is 414 g/mol. The van der Waals surface area contributed by atoms with Gasteiger partial charge in [-0.05, 0) is 41.6 Å². The van der Waals surface area contributed by atoms with Crippen molar-refractivity contribution in [3.8, 4) is 0 Å². The lowest BCUT2D eigenvalue weighted by Gasteiger charge is -2.24. The van der Waals surface area contributed by atoms with E-state index in [1.54, 1.807) is 35.2 Å². The van der Waals surface area contributed by atoms with E-state index in [1.165, 1.54) is 0 Å². The number of hydrazone groups is 1. The molecule has 1 aliphatic rings. The van der Waals surface area contributed by atoms with Crippen LogP contribution in [0.1, 0.15) is 38.7 Å². The molecule has 152 valence electrons. The average molecular weight is 436 g/mol. The van der Waals surface area contributed by atoms with E-state index in [2.05, 4.69) is 10.5 Å². The fraction of sp³-hybridized carbons (Fsp3) is 0.174. The van der Waals surface area contributed by atoms with Crippen molar-refractivity contribution in [2.75, 3.05) is 5.75 Å². The summed E-state index contributed by atoms with van der Waals surface area (Å²) in [4.78, 5) is 27.7. The molecule has 5 nitrogen and oxygen atoms in total. The van der Waals surface area contributed by atoms with Gasteiger partial charge in [-0.15, -0.1) is 23.1 Å². The molecular formula is C23H21N3O2S2. The third-order valence-corrected chi connectivity index (χ3v) is 7.06. The Labute approximate surface area is 183 Å². The van der Waals surface area contributed by atoms with Gasteiger partial charge in [0, 0.05) is 17.0 Å². The van der Waals surface area contributed by atoms with Crippen LogP contribution >= 0.6 is 23.1 Å². The molecule has 1 N–H and O–H groups in total. The Kier molecular flexibility index (Phi) is 6.30. The van der Waals surface area contributed by atoms with Crippen LogP contribution < -0.4 is 5.43 Å². The molecule has 7 heteroatoms. The molecule has 1 atom stereocenters. The second kappa shape index (κ2) is 9.28. The minimum atomic E-state index is -0.256. The van der Waals surface area contributed by atoms with Crippen LogP contribution in [-0.4, -0.2) is 28.2 Å². The number of hydrogen-bond acceptors (Lipinski definition) is 5. The standard InChI is InChI=1S/C23H21N3O2S2/c1-16(20-8-5-13-29-20)24-25-22(28)18-9-11-19(12-10-18)23-26(21(27)15-30-23)14-17-6-3-2-4-7-17/h2-13,23H,14-15H2,1H3,(H,25,28)/b24-16-/t23-/m0/s1. The molecule has 0 spiro atoms. The summed E-state index contributed by atoms with van der Waals surface area (Å²) in [5.41, 5.74) is 6.03. The molecule has 1 fully saturated rings. The lowest BCUT2D eigenvalue weighted by atomic mass is 10.1. The summed E-state index contributed by atoms with van der Waals surface area (Å²) in [6.45, 7) is 2.45. The first-order valence-corrected chi connectivity index (χ1v) is 11.5. The summed E-state index contributed by atoms with van der Waals surface area (Å²) in [6, 6.07) is 21.3. The number of thioether (sulfide) groups is 1. The molecule has 0 aliphatic carbocycles. The van der Waals surface area contributed by atoms with Gasteiger partial charge in [-0.2, -0.15) is 5.10 Å². The van der Waals surface area contributed by atoms with Gasteiger partial charge in [-0.1, -0.05) is 48.5 Å². The van der Waals surface area contributed by atoms with E-state index >= 15 is 0 Å². The number of carbonyl (C=O) groups is 2. The molecule has 3 aromatic rings. The van der Waals surface area contributed by atoms with Crippen molar-refractivity contribution in [1.82, 2.24) is 10.3 Å². The molecule has 1 aliphatic heterocycles. The van der Waals surface area contributed by atoms with Crippen molar-refractivity contribution < 1.29 is 9.59 Å². The zero-order valence-corrected chi connectivity index (χ0v) is 18.1. The maximum atomic E-state index is 12.4. The van der Waals surface area contributed by atoms with Gasteiger partial charge in [-0.25, -0.2) is 5.43 Å². The summed E-state index contributed by atoms with van der Waals surface area (Å²) in [7, 11) is 0. The second-order valence-corrected chi connectivity index (χ2v) is 8.92. The van der Waals surface area contributed by atoms with Crippen LogP contribution in [0.15, 0.2) is 77.2 Å². The molecule has 2 heterocycles. The SMILES string of the molecule is C/C(=N/NC(=O)c1ccc([C@@H]2SCC(=O)N2Cc2ccccc2)cc1)c1cccs1. The fourth-order valence-corrected chi connectivity index (χ4v) is 5.08. The van der Waals surface area contributed by atoms with Crippen molar-refractivity contribution in [3.63, 3.8) is 0 Å². The van der Waals surface area contributed by atoms with E-state index in [0.29, 0.717) is 17.9 Å². The molecule has 1 aromatic heterocycles. The molecule has 2 aromatic carbocycles. The fourth-order valence-electron chi connectivity index (χ4n) is 3.22. The molecule has 0 bridgehead atoms. The first-order valence-electron chi connectivity index (χ1n) is 9.55. The zero-order chi connectivity index (χ0) is 20.9. The predicted octanol–water partition coefficient (Wildman–Crippen LogP) is 4.68. The van der Waals surface area contributed by atoms with Gasteiger partial charge in [0.1, 0.15) is 5.37 Å². The number of carbonyl (C=O) groups excluding carboxylic acids is 2. The average Bonchev–Trinajstić information content (AvgIpc) is 3.44. The van der Waals surface area contributed by atoms with E-state index in [-0.39, 0.29) is 17.2 Å². The number of rotatable bonds is 6. The maximum absolute atomic E-state index is 12.4. The normalized spacial score (nSPS) is 16.7. The Morgan fingerprint density at radius 2 is 1.87 bits per heavy atom. The van der Waals surface area contributed by atoms with Gasteiger partial charge in [0.25, 0.3) is 5.91 Å². The highest BCUT2D eigenvalue weighted by atomic mass is 32.2. The number of amides is 2. The second-order valence-electron chi connectivity index (χ2n) is 6.91. The van der Waals surface area contributed by atoms with Crippen molar-refractivity contribution in [2.24, 2.45) is 5.10 Å². The van der Waals surface area contributed by atoms with Gasteiger partial charge in [0.15, 0.2) is 0 Å². The first kappa shape index (κ1) is 20.4. The summed E-state index contributed by atoms with van der Waals surface area (Å²) < 4.78 is 0. The monoisotopic (exact) mass is 435 g/mol. The largest absolute Gasteiger partial charge is 0.322 e. The first-order chi connectivity index (χ1) is 14.6. The third-order valence-electron chi connectivity index (χ3n) is 4.82. The Morgan fingerprint density at radius 3 is 2.57 bits per heavy atom. The van der Waals surface area contributed by atoms with Gasteiger partial charge < -0.3 is 4.90 Å².